The van der Waals surface area contributed by atoms with Crippen molar-refractivity contribution in [3.8, 4) is 11.5 Å². The van der Waals surface area contributed by atoms with Crippen molar-refractivity contribution in [2.24, 2.45) is 0 Å². The summed E-state index contributed by atoms with van der Waals surface area (Å²) in [4.78, 5) is 2.16. The summed E-state index contributed by atoms with van der Waals surface area (Å²) in [7, 11) is 0. The van der Waals surface area contributed by atoms with Crippen LogP contribution in [0.3, 0.4) is 0 Å². The van der Waals surface area contributed by atoms with Gasteiger partial charge in [0.1, 0.15) is 24.7 Å². The van der Waals surface area contributed by atoms with E-state index in [0.29, 0.717) is 24.7 Å². The maximum atomic E-state index is 9.81. The van der Waals surface area contributed by atoms with Crippen molar-refractivity contribution in [2.45, 2.75) is 26.7 Å². The van der Waals surface area contributed by atoms with E-state index in [0.717, 1.165) is 33.8 Å². The molecule has 4 nitrogen and oxygen atoms in total. The van der Waals surface area contributed by atoms with Gasteiger partial charge in [-0.1, -0.05) is 90.5 Å². The first-order chi connectivity index (χ1) is 18.7. The van der Waals surface area contributed by atoms with Crippen molar-refractivity contribution in [1.82, 2.24) is 0 Å². The van der Waals surface area contributed by atoms with Gasteiger partial charge in [0.05, 0.1) is 12.3 Å². The smallest absolute Gasteiger partial charge is 0.125 e. The molecule has 5 aromatic carbocycles. The van der Waals surface area contributed by atoms with Gasteiger partial charge in [0.25, 0.3) is 0 Å². The molecule has 0 aromatic heterocycles. The number of benzene rings is 5. The van der Waals surface area contributed by atoms with Gasteiger partial charge in [-0.25, -0.2) is 0 Å². The fraction of sp³-hybridized carbons (Fsp3) is 0.118. The molecule has 0 fully saturated rings. The topological polar surface area (TPSA) is 41.9 Å². The highest BCUT2D eigenvalue weighted by Gasteiger charge is 2.16. The zero-order valence-corrected chi connectivity index (χ0v) is 21.5. The molecule has 0 spiro atoms. The number of aliphatic hydroxyl groups is 1. The number of hydrogen-bond acceptors (Lipinski definition) is 4. The molecule has 0 amide bonds. The summed E-state index contributed by atoms with van der Waals surface area (Å²) in [5.41, 5.74) is 7.06. The summed E-state index contributed by atoms with van der Waals surface area (Å²) in [5, 5.41) is 9.81. The van der Waals surface area contributed by atoms with E-state index < -0.39 is 0 Å². The highest BCUT2D eigenvalue weighted by molar-refractivity contribution is 5.78. The highest BCUT2D eigenvalue weighted by Crippen LogP contribution is 2.39. The Balaban J connectivity index is 1.55. The number of ether oxygens (including phenoxy) is 2. The van der Waals surface area contributed by atoms with Crippen LogP contribution in [0.15, 0.2) is 127 Å². The number of hydrogen-bond donors (Lipinski definition) is 1. The molecular formula is C34H31NO3. The second kappa shape index (κ2) is 12.1. The fourth-order valence-corrected chi connectivity index (χ4v) is 4.27. The molecule has 38 heavy (non-hydrogen) atoms. The lowest BCUT2D eigenvalue weighted by molar-refractivity contribution is 0.282. The molecule has 0 aliphatic heterocycles. The van der Waals surface area contributed by atoms with Crippen LogP contribution in [0, 0.1) is 6.92 Å². The predicted molar refractivity (Wildman–Crippen MR) is 153 cm³/mol. The van der Waals surface area contributed by atoms with E-state index in [1.807, 2.05) is 78.9 Å². The lowest BCUT2D eigenvalue weighted by Gasteiger charge is -2.27. The van der Waals surface area contributed by atoms with Crippen molar-refractivity contribution in [1.29, 1.82) is 0 Å². The number of aliphatic hydroxyl groups excluding tert-OH is 1. The molecule has 1 N–H and O–H groups in total. The van der Waals surface area contributed by atoms with Crippen LogP contribution < -0.4 is 14.4 Å². The molecule has 5 rings (SSSR count). The van der Waals surface area contributed by atoms with Crippen LogP contribution in [-0.2, 0) is 19.8 Å². The van der Waals surface area contributed by atoms with Gasteiger partial charge in [-0.2, -0.15) is 0 Å². The number of anilines is 3. The molecular weight excluding hydrogens is 470 g/mol. The minimum Gasteiger partial charge on any atom is -0.489 e. The van der Waals surface area contributed by atoms with Crippen molar-refractivity contribution >= 4 is 17.1 Å². The highest BCUT2D eigenvalue weighted by atomic mass is 16.5. The zero-order valence-electron chi connectivity index (χ0n) is 21.5. The maximum absolute atomic E-state index is 9.81. The molecule has 0 aliphatic carbocycles. The molecule has 0 heterocycles. The minimum absolute atomic E-state index is 0.0265. The molecule has 190 valence electrons. The monoisotopic (exact) mass is 501 g/mol. The van der Waals surface area contributed by atoms with E-state index in [4.69, 9.17) is 9.47 Å². The van der Waals surface area contributed by atoms with E-state index in [-0.39, 0.29) is 6.61 Å². The molecule has 0 aliphatic rings. The standard InChI is InChI=1S/C34H31NO3/c1-26-15-17-30(18-16-26)35(31-14-8-13-29(19-31)23-36)32-20-33(37-24-27-9-4-2-5-10-27)22-34(21-32)38-25-28-11-6-3-7-12-28/h2-22,36H,23-25H2,1H3. The van der Waals surface area contributed by atoms with Crippen LogP contribution in [0.5, 0.6) is 11.5 Å². The second-order valence-electron chi connectivity index (χ2n) is 9.21. The van der Waals surface area contributed by atoms with Crippen LogP contribution in [0.1, 0.15) is 22.3 Å². The predicted octanol–water partition coefficient (Wildman–Crippen LogP) is 8.12. The summed E-state index contributed by atoms with van der Waals surface area (Å²) in [6.07, 6.45) is 0. The third-order valence-electron chi connectivity index (χ3n) is 6.26. The quantitative estimate of drug-likeness (QED) is 0.210. The van der Waals surface area contributed by atoms with E-state index in [2.05, 4.69) is 60.4 Å². The van der Waals surface area contributed by atoms with Gasteiger partial charge in [0.15, 0.2) is 0 Å². The number of rotatable bonds is 10. The van der Waals surface area contributed by atoms with Gasteiger partial charge in [0.2, 0.25) is 0 Å². The van der Waals surface area contributed by atoms with Crippen LogP contribution >= 0.6 is 0 Å². The Morgan fingerprint density at radius 3 is 1.63 bits per heavy atom. The first kappa shape index (κ1) is 25.1. The Morgan fingerprint density at radius 2 is 1.08 bits per heavy atom. The van der Waals surface area contributed by atoms with Crippen LogP contribution in [0.2, 0.25) is 0 Å². The molecule has 0 saturated carbocycles. The summed E-state index contributed by atoms with van der Waals surface area (Å²) >= 11 is 0. The van der Waals surface area contributed by atoms with Gasteiger partial charge in [0, 0.05) is 29.6 Å². The largest absolute Gasteiger partial charge is 0.489 e. The first-order valence-corrected chi connectivity index (χ1v) is 12.7. The number of nitrogens with zero attached hydrogens (tertiary/aromatic N) is 1. The van der Waals surface area contributed by atoms with Crippen molar-refractivity contribution in [2.75, 3.05) is 4.90 Å². The Labute approximate surface area is 224 Å². The van der Waals surface area contributed by atoms with Gasteiger partial charge in [-0.05, 0) is 47.9 Å². The average Bonchev–Trinajstić information content (AvgIpc) is 2.97. The molecule has 0 saturated heterocycles. The van der Waals surface area contributed by atoms with Crippen LogP contribution in [0.4, 0.5) is 17.1 Å². The molecule has 0 radical (unpaired) electrons. The fourth-order valence-electron chi connectivity index (χ4n) is 4.27. The molecule has 4 heteroatoms. The van der Waals surface area contributed by atoms with Gasteiger partial charge < -0.3 is 19.5 Å². The lowest BCUT2D eigenvalue weighted by Crippen LogP contribution is -2.11. The third-order valence-corrected chi connectivity index (χ3v) is 6.26. The average molecular weight is 502 g/mol. The molecule has 0 unspecified atom stereocenters. The number of aryl methyl sites for hydroxylation is 1. The van der Waals surface area contributed by atoms with Crippen molar-refractivity contribution in [3.05, 3.63) is 150 Å². The van der Waals surface area contributed by atoms with E-state index in [9.17, 15) is 5.11 Å². The Hall–Kier alpha value is -4.54. The summed E-state index contributed by atoms with van der Waals surface area (Å²) in [6, 6.07) is 42.6. The SMILES string of the molecule is Cc1ccc(N(c2cccc(CO)c2)c2cc(OCc3ccccc3)cc(OCc3ccccc3)c2)cc1. The van der Waals surface area contributed by atoms with Crippen molar-refractivity contribution in [3.63, 3.8) is 0 Å². The van der Waals surface area contributed by atoms with Crippen LogP contribution in [0.25, 0.3) is 0 Å². The van der Waals surface area contributed by atoms with E-state index >= 15 is 0 Å². The van der Waals surface area contributed by atoms with Gasteiger partial charge in [-0.3, -0.25) is 0 Å². The Kier molecular flexibility index (Phi) is 8.02. The lowest BCUT2D eigenvalue weighted by atomic mass is 10.1. The molecule has 5 aromatic rings. The first-order valence-electron chi connectivity index (χ1n) is 12.7. The molecule has 0 atom stereocenters. The van der Waals surface area contributed by atoms with Crippen molar-refractivity contribution < 1.29 is 14.6 Å². The summed E-state index contributed by atoms with van der Waals surface area (Å²) in [5.74, 6) is 1.43. The zero-order chi connectivity index (χ0) is 26.2. The third kappa shape index (κ3) is 6.41. The summed E-state index contributed by atoms with van der Waals surface area (Å²) < 4.78 is 12.5. The van der Waals surface area contributed by atoms with E-state index in [1.54, 1.807) is 0 Å². The van der Waals surface area contributed by atoms with Crippen LogP contribution in [-0.4, -0.2) is 5.11 Å². The normalized spacial score (nSPS) is 10.7. The molecule has 0 bridgehead atoms. The van der Waals surface area contributed by atoms with Gasteiger partial charge in [-0.15, -0.1) is 0 Å². The minimum atomic E-state index is -0.0265. The van der Waals surface area contributed by atoms with E-state index in [1.165, 1.54) is 5.56 Å². The maximum Gasteiger partial charge on any atom is 0.125 e. The second-order valence-corrected chi connectivity index (χ2v) is 9.21. The Bertz CT molecular complexity index is 1390. The summed E-state index contributed by atoms with van der Waals surface area (Å²) in [6.45, 7) is 2.95. The Morgan fingerprint density at radius 1 is 0.526 bits per heavy atom. The van der Waals surface area contributed by atoms with Gasteiger partial charge >= 0.3 is 0 Å².